The lowest BCUT2D eigenvalue weighted by Crippen LogP contribution is -2.30. The summed E-state index contributed by atoms with van der Waals surface area (Å²) in [5.41, 5.74) is 0. The van der Waals surface area contributed by atoms with Crippen LogP contribution in [0.2, 0.25) is 0 Å². The number of carbonyl (C=O) groups excluding carboxylic acids is 3. The first-order valence-corrected chi connectivity index (χ1v) is 37.7. The molecule has 0 aliphatic rings. The highest BCUT2D eigenvalue weighted by atomic mass is 16.6. The quantitative estimate of drug-likeness (QED) is 0.0261. The second kappa shape index (κ2) is 71.6. The van der Waals surface area contributed by atoms with Gasteiger partial charge in [-0.25, -0.2) is 0 Å². The van der Waals surface area contributed by atoms with E-state index in [1.165, 1.54) is 340 Å². The molecule has 0 heterocycles. The Morgan fingerprint density at radius 3 is 0.610 bits per heavy atom. The number of carbonyl (C=O) groups is 3. The molecule has 0 aliphatic carbocycles. The van der Waals surface area contributed by atoms with Crippen LogP contribution >= 0.6 is 0 Å². The van der Waals surface area contributed by atoms with E-state index in [2.05, 4.69) is 32.9 Å². The standard InChI is InChI=1S/C76H146O6/c1-4-7-10-13-16-19-22-24-26-28-30-31-32-33-34-35-36-37-38-39-40-41-42-43-44-45-47-48-50-52-54-57-60-63-66-69-75(78)81-72-73(71-80-74(77)68-65-62-59-56-21-18-15-12-9-6-3)82-76(79)70-67-64-61-58-55-53-51-49-46-29-27-25-23-20-17-14-11-8-5-2/h28,30,73H,4-27,29,31-72H2,1-3H3/b30-28-. The Bertz CT molecular complexity index is 1280. The molecule has 0 N–H and O–H groups in total. The summed E-state index contributed by atoms with van der Waals surface area (Å²) in [5, 5.41) is 0. The highest BCUT2D eigenvalue weighted by molar-refractivity contribution is 5.71. The van der Waals surface area contributed by atoms with Gasteiger partial charge in [0.15, 0.2) is 6.10 Å². The van der Waals surface area contributed by atoms with Crippen LogP contribution in [0, 0.1) is 0 Å². The second-order valence-corrected chi connectivity index (χ2v) is 25.9. The molecule has 0 aliphatic heterocycles. The van der Waals surface area contributed by atoms with E-state index in [0.717, 1.165) is 57.8 Å². The van der Waals surface area contributed by atoms with Crippen LogP contribution in [0.4, 0.5) is 0 Å². The summed E-state index contributed by atoms with van der Waals surface area (Å²) in [6.45, 7) is 6.72. The minimum Gasteiger partial charge on any atom is -0.462 e. The van der Waals surface area contributed by atoms with Crippen LogP contribution in [0.5, 0.6) is 0 Å². The molecule has 0 fully saturated rings. The predicted molar refractivity (Wildman–Crippen MR) is 358 cm³/mol. The molecule has 0 aromatic heterocycles. The first-order valence-electron chi connectivity index (χ1n) is 37.7. The van der Waals surface area contributed by atoms with Gasteiger partial charge >= 0.3 is 17.9 Å². The molecule has 0 rings (SSSR count). The molecule has 486 valence electrons. The lowest BCUT2D eigenvalue weighted by Gasteiger charge is -2.18. The zero-order valence-electron chi connectivity index (χ0n) is 56.1. The number of hydrogen-bond acceptors (Lipinski definition) is 6. The van der Waals surface area contributed by atoms with Crippen molar-refractivity contribution in [2.24, 2.45) is 0 Å². The SMILES string of the molecule is CCCCCCCCCC/C=C\CCCCCCCCCCCCCCCCCCCCCCCCCC(=O)OCC(COC(=O)CCCCCCCCCCCC)OC(=O)CCCCCCCCCCCCCCCCCCCCC. The van der Waals surface area contributed by atoms with E-state index in [4.69, 9.17) is 14.2 Å². The first kappa shape index (κ1) is 80.2. The van der Waals surface area contributed by atoms with Gasteiger partial charge in [-0.3, -0.25) is 14.4 Å². The normalized spacial score (nSPS) is 12.0. The highest BCUT2D eigenvalue weighted by Crippen LogP contribution is 2.20. The molecule has 0 bridgehead atoms. The van der Waals surface area contributed by atoms with Crippen LogP contribution < -0.4 is 0 Å². The molecule has 0 saturated carbocycles. The van der Waals surface area contributed by atoms with Crippen LogP contribution in [0.3, 0.4) is 0 Å². The van der Waals surface area contributed by atoms with Crippen molar-refractivity contribution in [2.75, 3.05) is 13.2 Å². The smallest absolute Gasteiger partial charge is 0.306 e. The fourth-order valence-electron chi connectivity index (χ4n) is 11.9. The van der Waals surface area contributed by atoms with Gasteiger partial charge in [-0.2, -0.15) is 0 Å². The third kappa shape index (κ3) is 68.9. The fraction of sp³-hybridized carbons (Fsp3) is 0.934. The Morgan fingerprint density at radius 2 is 0.402 bits per heavy atom. The fourth-order valence-corrected chi connectivity index (χ4v) is 11.9. The maximum absolute atomic E-state index is 12.9. The lowest BCUT2D eigenvalue weighted by atomic mass is 10.0. The van der Waals surface area contributed by atoms with Crippen LogP contribution in [-0.2, 0) is 28.6 Å². The number of rotatable bonds is 71. The van der Waals surface area contributed by atoms with Gasteiger partial charge < -0.3 is 14.2 Å². The van der Waals surface area contributed by atoms with Crippen molar-refractivity contribution in [1.82, 2.24) is 0 Å². The number of unbranched alkanes of at least 4 members (excludes halogenated alkanes) is 58. The molecule has 1 unspecified atom stereocenters. The van der Waals surface area contributed by atoms with Crippen molar-refractivity contribution in [3.8, 4) is 0 Å². The van der Waals surface area contributed by atoms with Crippen molar-refractivity contribution >= 4 is 17.9 Å². The molecular formula is C76H146O6. The van der Waals surface area contributed by atoms with E-state index in [9.17, 15) is 14.4 Å². The summed E-state index contributed by atoms with van der Waals surface area (Å²) in [6, 6.07) is 0. The zero-order valence-corrected chi connectivity index (χ0v) is 56.1. The van der Waals surface area contributed by atoms with E-state index in [1.807, 2.05) is 0 Å². The zero-order chi connectivity index (χ0) is 59.2. The Morgan fingerprint density at radius 1 is 0.232 bits per heavy atom. The van der Waals surface area contributed by atoms with Gasteiger partial charge in [-0.15, -0.1) is 0 Å². The largest absolute Gasteiger partial charge is 0.462 e. The van der Waals surface area contributed by atoms with Crippen molar-refractivity contribution in [2.45, 2.75) is 444 Å². The first-order chi connectivity index (χ1) is 40.5. The average Bonchev–Trinajstić information content (AvgIpc) is 3.48. The molecule has 0 aromatic rings. The van der Waals surface area contributed by atoms with Crippen molar-refractivity contribution in [3.63, 3.8) is 0 Å². The number of ether oxygens (including phenoxy) is 3. The summed E-state index contributed by atoms with van der Waals surface area (Å²) < 4.78 is 17.0. The molecule has 0 saturated heterocycles. The Kier molecular flexibility index (Phi) is 70.0. The van der Waals surface area contributed by atoms with E-state index in [0.29, 0.717) is 19.3 Å². The van der Waals surface area contributed by atoms with Gasteiger partial charge in [-0.1, -0.05) is 386 Å². The second-order valence-electron chi connectivity index (χ2n) is 25.9. The third-order valence-electron chi connectivity index (χ3n) is 17.5. The van der Waals surface area contributed by atoms with Gasteiger partial charge in [0.25, 0.3) is 0 Å². The third-order valence-corrected chi connectivity index (χ3v) is 17.5. The van der Waals surface area contributed by atoms with Crippen LogP contribution in [0.25, 0.3) is 0 Å². The van der Waals surface area contributed by atoms with E-state index in [1.54, 1.807) is 0 Å². The summed E-state index contributed by atoms with van der Waals surface area (Å²) in [4.78, 5) is 38.3. The van der Waals surface area contributed by atoms with Crippen LogP contribution in [0.15, 0.2) is 12.2 Å². The summed E-state index contributed by atoms with van der Waals surface area (Å²) in [6.07, 6.45) is 87.1. The Hall–Kier alpha value is -1.85. The Balaban J connectivity index is 3.99. The topological polar surface area (TPSA) is 78.9 Å². The van der Waals surface area contributed by atoms with Crippen molar-refractivity contribution < 1.29 is 28.6 Å². The Labute approximate surface area is 513 Å². The minimum atomic E-state index is -0.764. The van der Waals surface area contributed by atoms with E-state index >= 15 is 0 Å². The number of allylic oxidation sites excluding steroid dienone is 2. The molecule has 0 radical (unpaired) electrons. The van der Waals surface area contributed by atoms with Gasteiger partial charge in [0.1, 0.15) is 13.2 Å². The minimum absolute atomic E-state index is 0.0617. The summed E-state index contributed by atoms with van der Waals surface area (Å²) in [5.74, 6) is -0.827. The van der Waals surface area contributed by atoms with Crippen LogP contribution in [-0.4, -0.2) is 37.2 Å². The lowest BCUT2D eigenvalue weighted by molar-refractivity contribution is -0.167. The van der Waals surface area contributed by atoms with Crippen LogP contribution in [0.1, 0.15) is 438 Å². The van der Waals surface area contributed by atoms with Gasteiger partial charge in [0, 0.05) is 19.3 Å². The molecule has 0 aromatic carbocycles. The maximum atomic E-state index is 12.9. The molecule has 6 heteroatoms. The maximum Gasteiger partial charge on any atom is 0.306 e. The van der Waals surface area contributed by atoms with Crippen molar-refractivity contribution in [3.05, 3.63) is 12.2 Å². The molecule has 1 atom stereocenters. The predicted octanol–water partition coefficient (Wildman–Crippen LogP) is 26.0. The summed E-state index contributed by atoms with van der Waals surface area (Å²) >= 11 is 0. The van der Waals surface area contributed by atoms with E-state index in [-0.39, 0.29) is 31.1 Å². The molecule has 6 nitrogen and oxygen atoms in total. The van der Waals surface area contributed by atoms with Crippen molar-refractivity contribution in [1.29, 1.82) is 0 Å². The average molecular weight is 1160 g/mol. The molecule has 0 spiro atoms. The van der Waals surface area contributed by atoms with Gasteiger partial charge in [0.05, 0.1) is 0 Å². The van der Waals surface area contributed by atoms with Gasteiger partial charge in [-0.05, 0) is 44.9 Å². The molecular weight excluding hydrogens is 1010 g/mol. The highest BCUT2D eigenvalue weighted by Gasteiger charge is 2.20. The van der Waals surface area contributed by atoms with Gasteiger partial charge in [0.2, 0.25) is 0 Å². The summed E-state index contributed by atoms with van der Waals surface area (Å²) in [7, 11) is 0. The number of hydrogen-bond donors (Lipinski definition) is 0. The van der Waals surface area contributed by atoms with E-state index < -0.39 is 6.10 Å². The number of esters is 3. The molecule has 82 heavy (non-hydrogen) atoms. The molecule has 0 amide bonds. The monoisotopic (exact) mass is 1160 g/mol.